The summed E-state index contributed by atoms with van der Waals surface area (Å²) in [5, 5.41) is 10.2. The van der Waals surface area contributed by atoms with Crippen LogP contribution < -0.4 is 20.5 Å². The Hall–Kier alpha value is -3.62. The Balaban J connectivity index is 1.53. The molecule has 2 aliphatic rings. The van der Waals surface area contributed by atoms with Gasteiger partial charge < -0.3 is 20.5 Å². The number of nitrogens with two attached hydrogens (primary N) is 1. The summed E-state index contributed by atoms with van der Waals surface area (Å²) in [6.45, 7) is 4.31. The lowest BCUT2D eigenvalue weighted by molar-refractivity contribution is 0.102. The highest BCUT2D eigenvalue weighted by molar-refractivity contribution is 6.05. The molecule has 9 nitrogen and oxygen atoms in total. The first-order valence-corrected chi connectivity index (χ1v) is 8.84. The van der Waals surface area contributed by atoms with Crippen LogP contribution in [0.15, 0.2) is 24.4 Å². The number of ether oxygens (including phenoxy) is 2. The number of rotatable bonds is 2. The molecule has 0 saturated carbocycles. The van der Waals surface area contributed by atoms with Gasteiger partial charge in [0, 0.05) is 23.5 Å². The van der Waals surface area contributed by atoms with Gasteiger partial charge in [0.15, 0.2) is 17.2 Å². The van der Waals surface area contributed by atoms with Crippen LogP contribution in [0.25, 0.3) is 11.4 Å². The third kappa shape index (κ3) is 2.47. The Bertz CT molecular complexity index is 1120. The highest BCUT2D eigenvalue weighted by Crippen LogP contribution is 2.43. The molecule has 3 heterocycles. The van der Waals surface area contributed by atoms with Gasteiger partial charge in [0.05, 0.1) is 11.4 Å². The number of anilines is 2. The van der Waals surface area contributed by atoms with Crippen molar-refractivity contribution in [2.75, 3.05) is 17.8 Å². The first-order chi connectivity index (χ1) is 13.4. The molecule has 3 aromatic rings. The van der Waals surface area contributed by atoms with E-state index in [0.29, 0.717) is 40.7 Å². The summed E-state index contributed by atoms with van der Waals surface area (Å²) < 4.78 is 10.7. The molecular weight excluding hydrogens is 360 g/mol. The van der Waals surface area contributed by atoms with E-state index in [9.17, 15) is 4.79 Å². The number of hydrogen-bond acceptors (Lipinski definition) is 7. The van der Waals surface area contributed by atoms with Crippen molar-refractivity contribution in [3.63, 3.8) is 0 Å². The van der Waals surface area contributed by atoms with Crippen molar-refractivity contribution in [3.8, 4) is 22.9 Å². The van der Waals surface area contributed by atoms with Gasteiger partial charge in [0.25, 0.3) is 5.91 Å². The first kappa shape index (κ1) is 16.5. The number of benzene rings is 1. The Labute approximate surface area is 160 Å². The molecule has 1 aliphatic heterocycles. The van der Waals surface area contributed by atoms with Crippen molar-refractivity contribution in [2.24, 2.45) is 0 Å². The maximum atomic E-state index is 13.0. The molecule has 5 rings (SSSR count). The number of aromatic amines is 1. The van der Waals surface area contributed by atoms with Gasteiger partial charge in [0.2, 0.25) is 12.7 Å². The fourth-order valence-electron chi connectivity index (χ4n) is 3.83. The van der Waals surface area contributed by atoms with Crippen molar-refractivity contribution in [1.82, 2.24) is 20.2 Å². The van der Waals surface area contributed by atoms with E-state index in [-0.39, 0.29) is 24.1 Å². The van der Waals surface area contributed by atoms with Crippen LogP contribution in [0.2, 0.25) is 0 Å². The van der Waals surface area contributed by atoms with Crippen LogP contribution in [0.4, 0.5) is 11.6 Å². The topological polar surface area (TPSA) is 128 Å². The summed E-state index contributed by atoms with van der Waals surface area (Å²) in [7, 11) is 0. The van der Waals surface area contributed by atoms with Gasteiger partial charge in [-0.3, -0.25) is 9.89 Å². The predicted molar refractivity (Wildman–Crippen MR) is 101 cm³/mol. The van der Waals surface area contributed by atoms with Gasteiger partial charge in [-0.05, 0) is 29.5 Å². The number of aromatic nitrogens is 4. The first-order valence-electron chi connectivity index (χ1n) is 8.84. The second-order valence-electron chi connectivity index (χ2n) is 7.51. The normalized spacial score (nSPS) is 15.6. The molecule has 0 saturated heterocycles. The molecule has 4 N–H and O–H groups in total. The summed E-state index contributed by atoms with van der Waals surface area (Å²) in [5.41, 5.74) is 9.56. The fraction of sp³-hybridized carbons (Fsp3) is 0.263. The maximum Gasteiger partial charge on any atom is 0.276 e. The van der Waals surface area contributed by atoms with Gasteiger partial charge in [-0.1, -0.05) is 13.8 Å². The van der Waals surface area contributed by atoms with E-state index in [1.165, 1.54) is 0 Å². The molecule has 1 amide bonds. The molecule has 0 unspecified atom stereocenters. The van der Waals surface area contributed by atoms with Gasteiger partial charge in [-0.25, -0.2) is 9.97 Å². The molecule has 0 atom stereocenters. The zero-order valence-electron chi connectivity index (χ0n) is 15.4. The second-order valence-corrected chi connectivity index (χ2v) is 7.51. The summed E-state index contributed by atoms with van der Waals surface area (Å²) in [5.74, 6) is 1.13. The smallest absolute Gasteiger partial charge is 0.276 e. The molecule has 0 spiro atoms. The second kappa shape index (κ2) is 5.69. The van der Waals surface area contributed by atoms with E-state index >= 15 is 0 Å². The number of carbonyl (C=O) groups is 1. The van der Waals surface area contributed by atoms with E-state index in [2.05, 4.69) is 39.3 Å². The standard InChI is InChI=1S/C19H18N6O3/c1-19(2)6-9-7-21-18(20)23-14(9)15-13(19)16(25-24-15)17(26)22-10-3-4-11-12(5-10)28-8-27-11/h3-5,7H,6,8H2,1-2H3,(H,22,26)(H,24,25)(H2,20,21,23). The SMILES string of the molecule is CC1(C)Cc2cnc(N)nc2-c2[nH]nc(C(=O)Nc3ccc4c(c3)OCO4)c21. The molecule has 0 radical (unpaired) electrons. The molecule has 1 aromatic carbocycles. The number of nitrogens with one attached hydrogen (secondary N) is 2. The lowest BCUT2D eigenvalue weighted by Crippen LogP contribution is -2.29. The van der Waals surface area contributed by atoms with Crippen molar-refractivity contribution < 1.29 is 14.3 Å². The van der Waals surface area contributed by atoms with Crippen LogP contribution in [0.5, 0.6) is 11.5 Å². The Morgan fingerprint density at radius 2 is 2.11 bits per heavy atom. The zero-order valence-corrected chi connectivity index (χ0v) is 15.4. The Morgan fingerprint density at radius 1 is 1.29 bits per heavy atom. The van der Waals surface area contributed by atoms with Crippen LogP contribution in [-0.2, 0) is 11.8 Å². The maximum absolute atomic E-state index is 13.0. The summed E-state index contributed by atoms with van der Waals surface area (Å²) >= 11 is 0. The Morgan fingerprint density at radius 3 is 2.96 bits per heavy atom. The minimum absolute atomic E-state index is 0.179. The summed E-state index contributed by atoms with van der Waals surface area (Å²) in [4.78, 5) is 21.4. The van der Waals surface area contributed by atoms with Gasteiger partial charge >= 0.3 is 0 Å². The molecule has 0 bridgehead atoms. The van der Waals surface area contributed by atoms with Gasteiger partial charge in [-0.15, -0.1) is 0 Å². The van der Waals surface area contributed by atoms with Crippen LogP contribution in [-0.4, -0.2) is 32.9 Å². The van der Waals surface area contributed by atoms with Gasteiger partial charge in [-0.2, -0.15) is 5.10 Å². The average molecular weight is 378 g/mol. The molecule has 28 heavy (non-hydrogen) atoms. The monoisotopic (exact) mass is 378 g/mol. The van der Waals surface area contributed by atoms with E-state index in [4.69, 9.17) is 15.2 Å². The van der Waals surface area contributed by atoms with Crippen LogP contribution >= 0.6 is 0 Å². The quantitative estimate of drug-likeness (QED) is 0.624. The predicted octanol–water partition coefficient (Wildman–Crippen LogP) is 2.26. The Kier molecular flexibility index (Phi) is 3.36. The van der Waals surface area contributed by atoms with Gasteiger partial charge in [0.1, 0.15) is 0 Å². The highest BCUT2D eigenvalue weighted by Gasteiger charge is 2.38. The largest absolute Gasteiger partial charge is 0.454 e. The number of nitrogen functional groups attached to an aromatic ring is 1. The molecule has 9 heteroatoms. The number of carbonyl (C=O) groups excluding carboxylic acids is 1. The number of hydrogen-bond donors (Lipinski definition) is 3. The molecular formula is C19H18N6O3. The van der Waals surface area contributed by atoms with E-state index < -0.39 is 0 Å². The van der Waals surface area contributed by atoms with E-state index in [0.717, 1.165) is 11.1 Å². The number of nitrogens with zero attached hydrogens (tertiary/aromatic N) is 3. The minimum Gasteiger partial charge on any atom is -0.454 e. The number of fused-ring (bicyclic) bond motifs is 4. The summed E-state index contributed by atoms with van der Waals surface area (Å²) in [6, 6.07) is 5.25. The molecule has 0 fully saturated rings. The number of amides is 1. The van der Waals surface area contributed by atoms with E-state index in [1.807, 2.05) is 0 Å². The molecule has 2 aromatic heterocycles. The lowest BCUT2D eigenvalue weighted by Gasteiger charge is -2.31. The minimum atomic E-state index is -0.323. The third-order valence-corrected chi connectivity index (χ3v) is 5.04. The van der Waals surface area contributed by atoms with Crippen molar-refractivity contribution in [3.05, 3.63) is 41.2 Å². The van der Waals surface area contributed by atoms with Crippen LogP contribution in [0.3, 0.4) is 0 Å². The van der Waals surface area contributed by atoms with Crippen molar-refractivity contribution in [1.29, 1.82) is 0 Å². The lowest BCUT2D eigenvalue weighted by atomic mass is 9.73. The number of H-pyrrole nitrogens is 1. The van der Waals surface area contributed by atoms with Crippen molar-refractivity contribution in [2.45, 2.75) is 25.7 Å². The molecule has 142 valence electrons. The highest BCUT2D eigenvalue weighted by atomic mass is 16.7. The van der Waals surface area contributed by atoms with Crippen LogP contribution in [0, 0.1) is 0 Å². The third-order valence-electron chi connectivity index (χ3n) is 5.04. The van der Waals surface area contributed by atoms with Crippen LogP contribution in [0.1, 0.15) is 35.5 Å². The molecule has 1 aliphatic carbocycles. The summed E-state index contributed by atoms with van der Waals surface area (Å²) in [6.07, 6.45) is 2.41. The van der Waals surface area contributed by atoms with Crippen molar-refractivity contribution >= 4 is 17.5 Å². The fourth-order valence-corrected chi connectivity index (χ4v) is 3.83. The van der Waals surface area contributed by atoms with E-state index in [1.54, 1.807) is 24.4 Å². The average Bonchev–Trinajstić information content (AvgIpc) is 3.29. The zero-order chi connectivity index (χ0) is 19.5.